The van der Waals surface area contributed by atoms with Gasteiger partial charge in [-0.25, -0.2) is 0 Å². The summed E-state index contributed by atoms with van der Waals surface area (Å²) in [5.74, 6) is 0. The second-order valence-electron chi connectivity index (χ2n) is 6.61. The van der Waals surface area contributed by atoms with Crippen molar-refractivity contribution in [1.82, 2.24) is 5.32 Å². The van der Waals surface area contributed by atoms with Gasteiger partial charge >= 0.3 is 0 Å². The van der Waals surface area contributed by atoms with Crippen LogP contribution in [0.2, 0.25) is 0 Å². The van der Waals surface area contributed by atoms with Gasteiger partial charge in [0.1, 0.15) is 0 Å². The Morgan fingerprint density at radius 3 is 2.50 bits per heavy atom. The lowest BCUT2D eigenvalue weighted by Gasteiger charge is -2.36. The van der Waals surface area contributed by atoms with Crippen molar-refractivity contribution in [3.63, 3.8) is 0 Å². The lowest BCUT2D eigenvalue weighted by atomic mass is 9.75. The van der Waals surface area contributed by atoms with Crippen LogP contribution in [-0.4, -0.2) is 12.6 Å². The minimum atomic E-state index is 0.408. The first-order valence-electron chi connectivity index (χ1n) is 5.86. The highest BCUT2D eigenvalue weighted by Gasteiger charge is 2.28. The number of hydrogen-bond donors (Lipinski definition) is 1. The van der Waals surface area contributed by atoms with Crippen molar-refractivity contribution in [3.05, 3.63) is 6.42 Å². The SMILES string of the molecule is CC(C)(C)CNC1CC[CH]C(C)(C)C1. The summed E-state index contributed by atoms with van der Waals surface area (Å²) in [5.41, 5.74) is 0.846. The van der Waals surface area contributed by atoms with Gasteiger partial charge in [0.25, 0.3) is 0 Å². The molecule has 0 bridgehead atoms. The molecular weight excluding hydrogens is 170 g/mol. The molecule has 0 spiro atoms. The van der Waals surface area contributed by atoms with Crippen molar-refractivity contribution in [1.29, 1.82) is 0 Å². The Labute approximate surface area is 89.7 Å². The van der Waals surface area contributed by atoms with E-state index < -0.39 is 0 Å². The highest BCUT2D eigenvalue weighted by atomic mass is 14.9. The summed E-state index contributed by atoms with van der Waals surface area (Å²) in [7, 11) is 0. The average molecular weight is 196 g/mol. The molecule has 1 rings (SSSR count). The van der Waals surface area contributed by atoms with E-state index in [9.17, 15) is 0 Å². The lowest BCUT2D eigenvalue weighted by Crippen LogP contribution is -2.41. The van der Waals surface area contributed by atoms with Crippen LogP contribution in [0.25, 0.3) is 0 Å². The maximum absolute atomic E-state index is 3.70. The molecule has 0 aliphatic heterocycles. The largest absolute Gasteiger partial charge is 0.313 e. The molecule has 0 aromatic heterocycles. The molecule has 0 saturated heterocycles. The Bertz CT molecular complexity index is 176. The van der Waals surface area contributed by atoms with E-state index in [1.807, 2.05) is 0 Å². The standard InChI is InChI=1S/C13H26N/c1-12(2,3)10-14-11-7-6-8-13(4,5)9-11/h8,11,14H,6-7,9-10H2,1-5H3. The molecule has 83 valence electrons. The molecule has 1 heteroatoms. The van der Waals surface area contributed by atoms with Crippen LogP contribution >= 0.6 is 0 Å². The molecule has 0 aromatic rings. The van der Waals surface area contributed by atoms with Crippen LogP contribution in [0.5, 0.6) is 0 Å². The predicted molar refractivity (Wildman–Crippen MR) is 63.2 cm³/mol. The first-order valence-corrected chi connectivity index (χ1v) is 5.86. The van der Waals surface area contributed by atoms with Crippen molar-refractivity contribution in [2.75, 3.05) is 6.54 Å². The highest BCUT2D eigenvalue weighted by molar-refractivity contribution is 4.94. The third-order valence-electron chi connectivity index (χ3n) is 2.91. The van der Waals surface area contributed by atoms with Crippen molar-refractivity contribution in [2.24, 2.45) is 10.8 Å². The summed E-state index contributed by atoms with van der Waals surface area (Å²) in [4.78, 5) is 0. The Balaban J connectivity index is 2.32. The average Bonchev–Trinajstić information content (AvgIpc) is 1.98. The van der Waals surface area contributed by atoms with Crippen LogP contribution in [-0.2, 0) is 0 Å². The fraction of sp³-hybridized carbons (Fsp3) is 0.923. The van der Waals surface area contributed by atoms with E-state index in [1.165, 1.54) is 19.3 Å². The summed E-state index contributed by atoms with van der Waals surface area (Å²) in [5, 5.41) is 3.70. The maximum atomic E-state index is 3.70. The molecule has 1 aliphatic carbocycles. The van der Waals surface area contributed by atoms with Crippen LogP contribution in [0.1, 0.15) is 53.9 Å². The molecule has 1 fully saturated rings. The normalized spacial score (nSPS) is 27.6. The summed E-state index contributed by atoms with van der Waals surface area (Å²) >= 11 is 0. The molecule has 1 aliphatic rings. The first-order chi connectivity index (χ1) is 6.29. The smallest absolute Gasteiger partial charge is 0.00725 e. The van der Waals surface area contributed by atoms with Crippen molar-refractivity contribution in [3.8, 4) is 0 Å². The molecular formula is C13H26N. The topological polar surface area (TPSA) is 12.0 Å². The van der Waals surface area contributed by atoms with E-state index in [0.29, 0.717) is 10.8 Å². The summed E-state index contributed by atoms with van der Waals surface area (Å²) in [6.07, 6.45) is 6.36. The predicted octanol–water partition coefficient (Wildman–Crippen LogP) is 3.41. The first kappa shape index (κ1) is 12.0. The Morgan fingerprint density at radius 2 is 2.00 bits per heavy atom. The number of rotatable bonds is 2. The molecule has 1 atom stereocenters. The van der Waals surface area contributed by atoms with Crippen LogP contribution < -0.4 is 5.32 Å². The maximum Gasteiger partial charge on any atom is 0.00725 e. The zero-order valence-electron chi connectivity index (χ0n) is 10.5. The minimum Gasteiger partial charge on any atom is -0.313 e. The Morgan fingerprint density at radius 1 is 1.36 bits per heavy atom. The van der Waals surface area contributed by atoms with Gasteiger partial charge in [-0.15, -0.1) is 0 Å². The second-order valence-corrected chi connectivity index (χ2v) is 6.61. The summed E-state index contributed by atoms with van der Waals surface area (Å²) < 4.78 is 0. The van der Waals surface area contributed by atoms with Gasteiger partial charge in [-0.3, -0.25) is 0 Å². The monoisotopic (exact) mass is 196 g/mol. The molecule has 1 N–H and O–H groups in total. The van der Waals surface area contributed by atoms with Crippen molar-refractivity contribution >= 4 is 0 Å². The Hall–Kier alpha value is -0.0400. The third-order valence-corrected chi connectivity index (χ3v) is 2.91. The molecule has 1 nitrogen and oxygen atoms in total. The highest BCUT2D eigenvalue weighted by Crippen LogP contribution is 2.34. The van der Waals surface area contributed by atoms with Gasteiger partial charge in [0.05, 0.1) is 0 Å². The van der Waals surface area contributed by atoms with Gasteiger partial charge in [0.2, 0.25) is 0 Å². The van der Waals surface area contributed by atoms with Crippen LogP contribution in [0, 0.1) is 17.3 Å². The molecule has 0 amide bonds. The van der Waals surface area contributed by atoms with Gasteiger partial charge in [-0.05, 0) is 36.5 Å². The van der Waals surface area contributed by atoms with Gasteiger partial charge in [-0.2, -0.15) is 0 Å². The van der Waals surface area contributed by atoms with E-state index in [-0.39, 0.29) is 0 Å². The van der Waals surface area contributed by atoms with Crippen molar-refractivity contribution in [2.45, 2.75) is 59.9 Å². The van der Waals surface area contributed by atoms with E-state index in [2.05, 4.69) is 46.4 Å². The molecule has 1 unspecified atom stereocenters. The summed E-state index contributed by atoms with van der Waals surface area (Å²) in [6.45, 7) is 12.7. The minimum absolute atomic E-state index is 0.408. The molecule has 0 aromatic carbocycles. The van der Waals surface area contributed by atoms with Gasteiger partial charge in [0, 0.05) is 12.6 Å². The second kappa shape index (κ2) is 4.22. The van der Waals surface area contributed by atoms with Crippen LogP contribution in [0.15, 0.2) is 0 Å². The van der Waals surface area contributed by atoms with Crippen LogP contribution in [0.3, 0.4) is 0 Å². The zero-order valence-corrected chi connectivity index (χ0v) is 10.5. The van der Waals surface area contributed by atoms with E-state index in [0.717, 1.165) is 12.6 Å². The molecule has 1 saturated carbocycles. The fourth-order valence-corrected chi connectivity index (χ4v) is 2.12. The van der Waals surface area contributed by atoms with Crippen molar-refractivity contribution < 1.29 is 0 Å². The quantitative estimate of drug-likeness (QED) is 0.713. The fourth-order valence-electron chi connectivity index (χ4n) is 2.12. The summed E-state index contributed by atoms with van der Waals surface area (Å²) in [6, 6.07) is 0.731. The van der Waals surface area contributed by atoms with Gasteiger partial charge in [-0.1, -0.05) is 34.6 Å². The van der Waals surface area contributed by atoms with E-state index in [4.69, 9.17) is 0 Å². The number of nitrogens with one attached hydrogen (secondary N) is 1. The third kappa shape index (κ3) is 4.45. The molecule has 1 radical (unpaired) electrons. The zero-order chi connectivity index (χ0) is 10.8. The van der Waals surface area contributed by atoms with Gasteiger partial charge < -0.3 is 5.32 Å². The Kier molecular flexibility index (Phi) is 3.63. The van der Waals surface area contributed by atoms with E-state index in [1.54, 1.807) is 0 Å². The molecule has 14 heavy (non-hydrogen) atoms. The molecule has 0 heterocycles. The van der Waals surface area contributed by atoms with Gasteiger partial charge in [0.15, 0.2) is 0 Å². The van der Waals surface area contributed by atoms with E-state index >= 15 is 0 Å². The van der Waals surface area contributed by atoms with Crippen LogP contribution in [0.4, 0.5) is 0 Å². The number of hydrogen-bond acceptors (Lipinski definition) is 1. The lowest BCUT2D eigenvalue weighted by molar-refractivity contribution is 0.242.